The fraction of sp³-hybridized carbons (Fsp3) is 0.429. The maximum atomic E-state index is 10.9. The van der Waals surface area contributed by atoms with E-state index >= 15 is 0 Å². The average Bonchev–Trinajstić information content (AvgIpc) is 2.38. The van der Waals surface area contributed by atoms with E-state index in [1.54, 1.807) is 24.1 Å². The Balaban J connectivity index is 2.94. The van der Waals surface area contributed by atoms with Gasteiger partial charge >= 0.3 is 0 Å². The van der Waals surface area contributed by atoms with Crippen LogP contribution in [0.3, 0.4) is 0 Å². The zero-order valence-electron chi connectivity index (χ0n) is 7.11. The largest absolute Gasteiger partial charge is 0.368 e. The first-order valence-electron chi connectivity index (χ1n) is 3.59. The Hall–Kier alpha value is -1.36. The van der Waals surface area contributed by atoms with Crippen LogP contribution in [0.5, 0.6) is 0 Å². The van der Waals surface area contributed by atoms with Gasteiger partial charge < -0.3 is 15.6 Å². The number of aromatic nitrogens is 2. The number of hydrogen-bond donors (Lipinski definition) is 2. The standard InChI is InChI=1S/C7H12N4O/c1-9-6(7(8)12)5-3-10-4-11(5)2/h3-4,6,9H,1-2H3,(H2,8,12). The van der Waals surface area contributed by atoms with E-state index in [2.05, 4.69) is 10.3 Å². The highest BCUT2D eigenvalue weighted by Crippen LogP contribution is 2.09. The highest BCUT2D eigenvalue weighted by Gasteiger charge is 2.17. The molecular formula is C7H12N4O. The van der Waals surface area contributed by atoms with Crippen LogP contribution >= 0.6 is 0 Å². The van der Waals surface area contributed by atoms with Crippen molar-refractivity contribution in [2.24, 2.45) is 12.8 Å². The van der Waals surface area contributed by atoms with Crippen LogP contribution in [0.2, 0.25) is 0 Å². The highest BCUT2D eigenvalue weighted by atomic mass is 16.1. The summed E-state index contributed by atoms with van der Waals surface area (Å²) in [4.78, 5) is 14.8. The fourth-order valence-electron chi connectivity index (χ4n) is 1.08. The first kappa shape index (κ1) is 8.73. The maximum Gasteiger partial charge on any atom is 0.240 e. The van der Waals surface area contributed by atoms with Gasteiger partial charge in [0.1, 0.15) is 6.04 Å². The van der Waals surface area contributed by atoms with Gasteiger partial charge in [0.05, 0.1) is 18.2 Å². The molecule has 12 heavy (non-hydrogen) atoms. The first-order valence-corrected chi connectivity index (χ1v) is 3.59. The molecule has 5 nitrogen and oxygen atoms in total. The Morgan fingerprint density at radius 2 is 2.50 bits per heavy atom. The second-order valence-electron chi connectivity index (χ2n) is 2.55. The third kappa shape index (κ3) is 1.45. The number of likely N-dealkylation sites (N-methyl/N-ethyl adjacent to an activating group) is 1. The summed E-state index contributed by atoms with van der Waals surface area (Å²) in [6, 6.07) is -0.461. The molecule has 0 fully saturated rings. The van der Waals surface area contributed by atoms with Crippen molar-refractivity contribution in [2.75, 3.05) is 7.05 Å². The predicted octanol–water partition coefficient (Wildman–Crippen LogP) is -0.834. The summed E-state index contributed by atoms with van der Waals surface area (Å²) in [5, 5.41) is 2.81. The number of primary amides is 1. The van der Waals surface area contributed by atoms with E-state index in [-0.39, 0.29) is 0 Å². The highest BCUT2D eigenvalue weighted by molar-refractivity contribution is 5.80. The molecule has 0 aromatic carbocycles. The molecule has 0 aliphatic heterocycles. The van der Waals surface area contributed by atoms with Crippen LogP contribution in [0, 0.1) is 0 Å². The lowest BCUT2D eigenvalue weighted by atomic mass is 10.2. The molecule has 5 heteroatoms. The van der Waals surface area contributed by atoms with Crippen LogP contribution in [0.15, 0.2) is 12.5 Å². The van der Waals surface area contributed by atoms with Gasteiger partial charge in [-0.25, -0.2) is 4.98 Å². The molecule has 0 saturated carbocycles. The van der Waals surface area contributed by atoms with Crippen LogP contribution in [0.1, 0.15) is 11.7 Å². The average molecular weight is 168 g/mol. The Morgan fingerprint density at radius 1 is 1.83 bits per heavy atom. The summed E-state index contributed by atoms with van der Waals surface area (Å²) in [5.74, 6) is -0.402. The molecule has 1 unspecified atom stereocenters. The molecule has 1 rings (SSSR count). The minimum Gasteiger partial charge on any atom is -0.368 e. The van der Waals surface area contributed by atoms with Gasteiger partial charge in [-0.2, -0.15) is 0 Å². The fourth-order valence-corrected chi connectivity index (χ4v) is 1.08. The molecule has 1 heterocycles. The molecular weight excluding hydrogens is 156 g/mol. The van der Waals surface area contributed by atoms with E-state index in [9.17, 15) is 4.79 Å². The molecule has 66 valence electrons. The van der Waals surface area contributed by atoms with E-state index in [0.717, 1.165) is 5.69 Å². The summed E-state index contributed by atoms with van der Waals surface area (Å²) in [6.45, 7) is 0. The Kier molecular flexibility index (Phi) is 2.44. The number of carbonyl (C=O) groups is 1. The van der Waals surface area contributed by atoms with Crippen molar-refractivity contribution in [1.29, 1.82) is 0 Å². The summed E-state index contributed by atoms with van der Waals surface area (Å²) in [6.07, 6.45) is 3.24. The third-order valence-corrected chi connectivity index (χ3v) is 1.72. The second kappa shape index (κ2) is 3.36. The minimum absolute atomic E-state index is 0.402. The lowest BCUT2D eigenvalue weighted by Crippen LogP contribution is -2.32. The summed E-state index contributed by atoms with van der Waals surface area (Å²) in [5.41, 5.74) is 5.93. The summed E-state index contributed by atoms with van der Waals surface area (Å²) < 4.78 is 1.76. The van der Waals surface area contributed by atoms with E-state index in [4.69, 9.17) is 5.73 Å². The van der Waals surface area contributed by atoms with Gasteiger partial charge in [0.25, 0.3) is 0 Å². The van der Waals surface area contributed by atoms with Gasteiger partial charge in [-0.05, 0) is 7.05 Å². The number of imidazole rings is 1. The molecule has 0 spiro atoms. The number of rotatable bonds is 3. The number of nitrogens with zero attached hydrogens (tertiary/aromatic N) is 2. The zero-order valence-corrected chi connectivity index (χ0v) is 7.11. The lowest BCUT2D eigenvalue weighted by Gasteiger charge is -2.11. The van der Waals surface area contributed by atoms with Crippen molar-refractivity contribution in [3.8, 4) is 0 Å². The van der Waals surface area contributed by atoms with Crippen molar-refractivity contribution in [1.82, 2.24) is 14.9 Å². The minimum atomic E-state index is -0.461. The maximum absolute atomic E-state index is 10.9. The molecule has 0 aliphatic rings. The van der Waals surface area contributed by atoms with Crippen LogP contribution in [0.4, 0.5) is 0 Å². The molecule has 1 atom stereocenters. The van der Waals surface area contributed by atoms with Gasteiger partial charge in [0.2, 0.25) is 5.91 Å². The van der Waals surface area contributed by atoms with Crippen LogP contribution in [0.25, 0.3) is 0 Å². The Bertz CT molecular complexity index is 281. The van der Waals surface area contributed by atoms with Crippen molar-refractivity contribution in [3.05, 3.63) is 18.2 Å². The van der Waals surface area contributed by atoms with Crippen LogP contribution in [-0.4, -0.2) is 22.5 Å². The van der Waals surface area contributed by atoms with Gasteiger partial charge in [0.15, 0.2) is 0 Å². The van der Waals surface area contributed by atoms with Gasteiger partial charge in [-0.15, -0.1) is 0 Å². The van der Waals surface area contributed by atoms with Crippen molar-refractivity contribution >= 4 is 5.91 Å². The van der Waals surface area contributed by atoms with Crippen LogP contribution in [-0.2, 0) is 11.8 Å². The molecule has 0 bridgehead atoms. The van der Waals surface area contributed by atoms with Gasteiger partial charge in [-0.1, -0.05) is 0 Å². The molecule has 1 aromatic rings. The number of hydrogen-bond acceptors (Lipinski definition) is 3. The van der Waals surface area contributed by atoms with Gasteiger partial charge in [-0.3, -0.25) is 4.79 Å². The van der Waals surface area contributed by atoms with E-state index < -0.39 is 11.9 Å². The SMILES string of the molecule is CNC(C(N)=O)c1cncn1C. The Labute approximate surface area is 70.6 Å². The number of nitrogens with one attached hydrogen (secondary N) is 1. The molecule has 1 amide bonds. The molecule has 3 N–H and O–H groups in total. The molecule has 1 aromatic heterocycles. The van der Waals surface area contributed by atoms with Crippen molar-refractivity contribution < 1.29 is 4.79 Å². The van der Waals surface area contributed by atoms with Crippen LogP contribution < -0.4 is 11.1 Å². The number of aryl methyl sites for hydroxylation is 1. The normalized spacial score (nSPS) is 12.8. The molecule has 0 aliphatic carbocycles. The van der Waals surface area contributed by atoms with Gasteiger partial charge in [0, 0.05) is 7.05 Å². The van der Waals surface area contributed by atoms with Crippen molar-refractivity contribution in [2.45, 2.75) is 6.04 Å². The van der Waals surface area contributed by atoms with E-state index in [0.29, 0.717) is 0 Å². The van der Waals surface area contributed by atoms with E-state index in [1.165, 1.54) is 0 Å². The van der Waals surface area contributed by atoms with Crippen molar-refractivity contribution in [3.63, 3.8) is 0 Å². The topological polar surface area (TPSA) is 72.9 Å². The summed E-state index contributed by atoms with van der Waals surface area (Å²) in [7, 11) is 3.50. The number of amides is 1. The summed E-state index contributed by atoms with van der Waals surface area (Å²) >= 11 is 0. The second-order valence-corrected chi connectivity index (χ2v) is 2.55. The third-order valence-electron chi connectivity index (χ3n) is 1.72. The van der Waals surface area contributed by atoms with E-state index in [1.807, 2.05) is 7.05 Å². The first-order chi connectivity index (χ1) is 5.66. The smallest absolute Gasteiger partial charge is 0.240 e. The number of nitrogens with two attached hydrogens (primary N) is 1. The molecule has 0 radical (unpaired) electrons. The monoisotopic (exact) mass is 168 g/mol. The predicted molar refractivity (Wildman–Crippen MR) is 44.2 cm³/mol. The molecule has 0 saturated heterocycles. The quantitative estimate of drug-likeness (QED) is 0.618. The lowest BCUT2D eigenvalue weighted by molar-refractivity contribution is -0.120. The Morgan fingerprint density at radius 3 is 2.83 bits per heavy atom. The zero-order chi connectivity index (χ0) is 9.14. The number of carbonyl (C=O) groups excluding carboxylic acids is 1.